The average Bonchev–Trinajstić information content (AvgIpc) is 2.74. The van der Waals surface area contributed by atoms with Gasteiger partial charge in [-0.2, -0.15) is 13.2 Å². The van der Waals surface area contributed by atoms with Crippen molar-refractivity contribution in [3.05, 3.63) is 29.8 Å². The van der Waals surface area contributed by atoms with Crippen molar-refractivity contribution in [3.63, 3.8) is 0 Å². The van der Waals surface area contributed by atoms with Gasteiger partial charge in [0, 0.05) is 24.8 Å². The van der Waals surface area contributed by atoms with Gasteiger partial charge in [-0.3, -0.25) is 0 Å². The van der Waals surface area contributed by atoms with Crippen LogP contribution >= 0.6 is 0 Å². The van der Waals surface area contributed by atoms with Crippen molar-refractivity contribution in [1.82, 2.24) is 0 Å². The molecule has 0 aliphatic heterocycles. The van der Waals surface area contributed by atoms with Crippen LogP contribution in [-0.4, -0.2) is 19.1 Å². The molecule has 0 saturated heterocycles. The number of alkyl halides is 3. The zero-order chi connectivity index (χ0) is 13.3. The fraction of sp³-hybridized carbons (Fsp3) is 0.538. The molecular formula is C13H17F3N2. The molecule has 0 aromatic heterocycles. The Hall–Kier alpha value is -1.23. The summed E-state index contributed by atoms with van der Waals surface area (Å²) in [6, 6.07) is 5.84. The minimum absolute atomic E-state index is 0.215. The summed E-state index contributed by atoms with van der Waals surface area (Å²) >= 11 is 0. The molecule has 5 heteroatoms. The summed E-state index contributed by atoms with van der Waals surface area (Å²) < 4.78 is 37.3. The molecule has 2 nitrogen and oxygen atoms in total. The molecule has 1 aromatic carbocycles. The predicted octanol–water partition coefficient (Wildman–Crippen LogP) is 3.02. The van der Waals surface area contributed by atoms with E-state index in [0.29, 0.717) is 6.04 Å². The molecular weight excluding hydrogens is 241 g/mol. The van der Waals surface area contributed by atoms with Crippen LogP contribution in [0.5, 0.6) is 0 Å². The summed E-state index contributed by atoms with van der Waals surface area (Å²) in [6.07, 6.45) is -1.39. The van der Waals surface area contributed by atoms with Gasteiger partial charge in [-0.25, -0.2) is 0 Å². The van der Waals surface area contributed by atoms with Gasteiger partial charge in [0.2, 0.25) is 0 Å². The second-order valence-corrected chi connectivity index (χ2v) is 4.88. The average molecular weight is 258 g/mol. The van der Waals surface area contributed by atoms with Gasteiger partial charge in [-0.1, -0.05) is 0 Å². The van der Waals surface area contributed by atoms with Gasteiger partial charge in [0.25, 0.3) is 0 Å². The van der Waals surface area contributed by atoms with E-state index in [1.54, 1.807) is 0 Å². The van der Waals surface area contributed by atoms with Gasteiger partial charge in [0.05, 0.1) is 5.56 Å². The number of halogens is 3. The third-order valence-electron chi connectivity index (χ3n) is 3.60. The maximum Gasteiger partial charge on any atom is 0.416 e. The van der Waals surface area contributed by atoms with Crippen molar-refractivity contribution in [2.24, 2.45) is 5.73 Å². The molecule has 0 amide bonds. The molecule has 2 N–H and O–H groups in total. The molecule has 2 rings (SSSR count). The molecule has 2 atom stereocenters. The molecule has 1 aliphatic carbocycles. The lowest BCUT2D eigenvalue weighted by Crippen LogP contribution is -2.30. The van der Waals surface area contributed by atoms with Crippen molar-refractivity contribution in [2.75, 3.05) is 11.9 Å². The van der Waals surface area contributed by atoms with E-state index in [2.05, 4.69) is 0 Å². The molecule has 1 saturated carbocycles. The van der Waals surface area contributed by atoms with E-state index in [-0.39, 0.29) is 6.04 Å². The van der Waals surface area contributed by atoms with Crippen molar-refractivity contribution in [2.45, 2.75) is 37.5 Å². The topological polar surface area (TPSA) is 29.3 Å². The quantitative estimate of drug-likeness (QED) is 0.883. The molecule has 1 aliphatic rings. The van der Waals surface area contributed by atoms with E-state index in [1.807, 2.05) is 11.9 Å². The fourth-order valence-electron chi connectivity index (χ4n) is 2.44. The molecule has 18 heavy (non-hydrogen) atoms. The van der Waals surface area contributed by atoms with Crippen LogP contribution < -0.4 is 10.6 Å². The van der Waals surface area contributed by atoms with E-state index >= 15 is 0 Å². The molecule has 2 unspecified atom stereocenters. The van der Waals surface area contributed by atoms with Gasteiger partial charge < -0.3 is 10.6 Å². The second kappa shape index (κ2) is 4.80. The van der Waals surface area contributed by atoms with Crippen LogP contribution in [0, 0.1) is 0 Å². The Morgan fingerprint density at radius 3 is 2.22 bits per heavy atom. The number of anilines is 1. The van der Waals surface area contributed by atoms with Crippen LogP contribution in [0.2, 0.25) is 0 Å². The Kier molecular flexibility index (Phi) is 3.52. The third-order valence-corrected chi connectivity index (χ3v) is 3.60. The van der Waals surface area contributed by atoms with Crippen LogP contribution in [0.3, 0.4) is 0 Å². The third kappa shape index (κ3) is 2.77. The normalized spacial score (nSPS) is 24.3. The summed E-state index contributed by atoms with van der Waals surface area (Å²) in [6.45, 7) is 0. The Bertz CT molecular complexity index is 400. The van der Waals surface area contributed by atoms with E-state index in [0.717, 1.165) is 37.1 Å². The number of nitrogens with zero attached hydrogens (tertiary/aromatic N) is 1. The van der Waals surface area contributed by atoms with Crippen LogP contribution in [-0.2, 0) is 6.18 Å². The smallest absolute Gasteiger partial charge is 0.372 e. The van der Waals surface area contributed by atoms with Crippen molar-refractivity contribution in [1.29, 1.82) is 0 Å². The van der Waals surface area contributed by atoms with Crippen LogP contribution in [0.25, 0.3) is 0 Å². The zero-order valence-electron chi connectivity index (χ0n) is 10.2. The minimum atomic E-state index is -4.27. The van der Waals surface area contributed by atoms with Gasteiger partial charge >= 0.3 is 6.18 Å². The minimum Gasteiger partial charge on any atom is -0.372 e. The highest BCUT2D eigenvalue weighted by molar-refractivity contribution is 5.48. The maximum atomic E-state index is 12.4. The van der Waals surface area contributed by atoms with Crippen LogP contribution in [0.1, 0.15) is 24.8 Å². The first-order chi connectivity index (χ1) is 8.38. The number of nitrogens with two attached hydrogens (primary N) is 1. The van der Waals surface area contributed by atoms with Crippen molar-refractivity contribution in [3.8, 4) is 0 Å². The van der Waals surface area contributed by atoms with Crippen molar-refractivity contribution < 1.29 is 13.2 Å². The Balaban J connectivity index is 2.10. The largest absolute Gasteiger partial charge is 0.416 e. The lowest BCUT2D eigenvalue weighted by atomic mass is 10.1. The molecule has 0 bridgehead atoms. The van der Waals surface area contributed by atoms with Gasteiger partial charge in [-0.05, 0) is 43.5 Å². The fourth-order valence-corrected chi connectivity index (χ4v) is 2.44. The standard InChI is InChI=1S/C13H17F3N2/c1-18(12-7-4-10(17)8-12)11-5-2-9(3-6-11)13(14,15)16/h2-3,5-6,10,12H,4,7-8,17H2,1H3. The number of hydrogen-bond acceptors (Lipinski definition) is 2. The molecule has 0 heterocycles. The summed E-state index contributed by atoms with van der Waals surface area (Å²) in [5.74, 6) is 0. The van der Waals surface area contributed by atoms with Crippen molar-refractivity contribution >= 4 is 5.69 Å². The Labute approximate surface area is 105 Å². The van der Waals surface area contributed by atoms with E-state index in [4.69, 9.17) is 5.73 Å². The van der Waals surface area contributed by atoms with Gasteiger partial charge in [0.1, 0.15) is 0 Å². The zero-order valence-corrected chi connectivity index (χ0v) is 10.2. The Morgan fingerprint density at radius 1 is 1.17 bits per heavy atom. The highest BCUT2D eigenvalue weighted by Gasteiger charge is 2.30. The molecule has 0 radical (unpaired) electrons. The predicted molar refractivity (Wildman–Crippen MR) is 65.5 cm³/mol. The first kappa shape index (κ1) is 13.2. The van der Waals surface area contributed by atoms with Crippen LogP contribution in [0.4, 0.5) is 18.9 Å². The van der Waals surface area contributed by atoms with Gasteiger partial charge in [-0.15, -0.1) is 0 Å². The maximum absolute atomic E-state index is 12.4. The second-order valence-electron chi connectivity index (χ2n) is 4.88. The molecule has 1 fully saturated rings. The lowest BCUT2D eigenvalue weighted by molar-refractivity contribution is -0.137. The number of benzene rings is 1. The molecule has 0 spiro atoms. The summed E-state index contributed by atoms with van der Waals surface area (Å²) in [4.78, 5) is 2.02. The van der Waals surface area contributed by atoms with Crippen LogP contribution in [0.15, 0.2) is 24.3 Å². The summed E-state index contributed by atoms with van der Waals surface area (Å²) in [5.41, 5.74) is 6.05. The van der Waals surface area contributed by atoms with E-state index < -0.39 is 11.7 Å². The highest BCUT2D eigenvalue weighted by Crippen LogP contribution is 2.32. The van der Waals surface area contributed by atoms with E-state index in [9.17, 15) is 13.2 Å². The molecule has 1 aromatic rings. The number of hydrogen-bond donors (Lipinski definition) is 1. The molecule has 100 valence electrons. The highest BCUT2D eigenvalue weighted by atomic mass is 19.4. The number of rotatable bonds is 2. The summed E-state index contributed by atoms with van der Waals surface area (Å²) in [5, 5.41) is 0. The Morgan fingerprint density at radius 2 is 1.78 bits per heavy atom. The first-order valence-corrected chi connectivity index (χ1v) is 6.03. The summed E-state index contributed by atoms with van der Waals surface area (Å²) in [7, 11) is 1.91. The SMILES string of the molecule is CN(c1ccc(C(F)(F)F)cc1)C1CCC(N)C1. The van der Waals surface area contributed by atoms with E-state index in [1.165, 1.54) is 12.1 Å². The first-order valence-electron chi connectivity index (χ1n) is 6.03. The lowest BCUT2D eigenvalue weighted by Gasteiger charge is -2.27. The van der Waals surface area contributed by atoms with Gasteiger partial charge in [0.15, 0.2) is 0 Å². The monoisotopic (exact) mass is 258 g/mol.